The fourth-order valence-corrected chi connectivity index (χ4v) is 5.29. The molecule has 1 aliphatic rings. The molecule has 0 spiro atoms. The molecular weight excluding hydrogens is 502 g/mol. The molecule has 0 aliphatic heterocycles. The summed E-state index contributed by atoms with van der Waals surface area (Å²) >= 11 is 0. The number of ether oxygens (including phenoxy) is 2. The number of rotatable bonds is 11. The van der Waals surface area contributed by atoms with Crippen molar-refractivity contribution in [3.05, 3.63) is 71.3 Å². The Balaban J connectivity index is 1.60. The first-order valence-corrected chi connectivity index (χ1v) is 14.4. The zero-order valence-electron chi connectivity index (χ0n) is 25.2. The van der Waals surface area contributed by atoms with E-state index in [4.69, 9.17) is 9.47 Å². The number of amides is 1. The summed E-state index contributed by atoms with van der Waals surface area (Å²) in [5.41, 5.74) is 4.59. The van der Waals surface area contributed by atoms with Gasteiger partial charge in [0, 0.05) is 23.5 Å². The highest BCUT2D eigenvalue weighted by Crippen LogP contribution is 2.44. The van der Waals surface area contributed by atoms with Crippen LogP contribution in [0.15, 0.2) is 60.2 Å². The zero-order valence-corrected chi connectivity index (χ0v) is 25.2. The summed E-state index contributed by atoms with van der Waals surface area (Å²) in [5, 5.41) is 3.14. The lowest BCUT2D eigenvalue weighted by Gasteiger charge is -2.30. The molecule has 1 amide bonds. The molecule has 2 aromatic rings. The van der Waals surface area contributed by atoms with E-state index in [-0.39, 0.29) is 48.7 Å². The normalized spacial score (nSPS) is 16.2. The average Bonchev–Trinajstić information content (AvgIpc) is 3.22. The first-order chi connectivity index (χ1) is 18.8. The summed E-state index contributed by atoms with van der Waals surface area (Å²) in [6.45, 7) is 15.4. The maximum absolute atomic E-state index is 13.2. The topological polar surface area (TPSA) is 81.7 Å². The summed E-state index contributed by atoms with van der Waals surface area (Å²) in [4.78, 5) is 38.5. The second-order valence-electron chi connectivity index (χ2n) is 12.1. The van der Waals surface area contributed by atoms with Crippen LogP contribution in [0, 0.1) is 17.8 Å². The van der Waals surface area contributed by atoms with Crippen LogP contribution in [-0.2, 0) is 23.9 Å². The second-order valence-corrected chi connectivity index (χ2v) is 12.1. The van der Waals surface area contributed by atoms with Gasteiger partial charge in [-0.2, -0.15) is 0 Å². The van der Waals surface area contributed by atoms with E-state index in [1.54, 1.807) is 13.8 Å². The van der Waals surface area contributed by atoms with Crippen molar-refractivity contribution in [1.82, 2.24) is 5.32 Å². The Kier molecular flexibility index (Phi) is 10.3. The predicted molar refractivity (Wildman–Crippen MR) is 159 cm³/mol. The largest absolute Gasteiger partial charge is 0.465 e. The third kappa shape index (κ3) is 7.83. The lowest BCUT2D eigenvalue weighted by Crippen LogP contribution is -2.45. The zero-order chi connectivity index (χ0) is 29.6. The van der Waals surface area contributed by atoms with Gasteiger partial charge in [0.2, 0.25) is 5.91 Å². The molecule has 0 radical (unpaired) electrons. The predicted octanol–water partition coefficient (Wildman–Crippen LogP) is 6.82. The Morgan fingerprint density at radius 2 is 1.50 bits per heavy atom. The van der Waals surface area contributed by atoms with Crippen LogP contribution in [0.5, 0.6) is 0 Å². The smallest absolute Gasteiger partial charge is 0.333 e. The highest BCUT2D eigenvalue weighted by Gasteiger charge is 2.31. The Labute approximate surface area is 239 Å². The first-order valence-electron chi connectivity index (χ1n) is 14.4. The third-order valence-corrected chi connectivity index (χ3v) is 7.66. The molecule has 40 heavy (non-hydrogen) atoms. The van der Waals surface area contributed by atoms with Crippen LogP contribution in [-0.4, -0.2) is 36.1 Å². The molecule has 2 aromatic carbocycles. The minimum atomic E-state index is -0.575. The van der Waals surface area contributed by atoms with Crippen LogP contribution in [0.3, 0.4) is 0 Å². The standard InChI is InChI=1S/C34H45NO5/c1-9-21(2)31(22(3)18-24(5)33(38)40-34(6,7)8)35-32(37)23(4)19-30(36)39-20-29-27-16-12-10-14-25(27)26-15-11-13-17-28(26)29/h10-18,21-23,29,31H,9,19-20H2,1-8H3,(H,35,37)/b24-18+/t21-,22-,23-,31+/m0/s1. The first kappa shape index (κ1) is 31.1. The molecule has 0 saturated carbocycles. The SMILES string of the molecule is CC[C@H](C)[C@@H](NC(=O)[C@@H](C)CC(=O)OCC1c2ccccc2-c2ccccc21)[C@@H](C)/C=C(\C)C(=O)OC(C)(C)C. The third-order valence-electron chi connectivity index (χ3n) is 7.66. The lowest BCUT2D eigenvalue weighted by atomic mass is 9.87. The Morgan fingerprint density at radius 3 is 2.02 bits per heavy atom. The van der Waals surface area contributed by atoms with Gasteiger partial charge in [0.15, 0.2) is 0 Å². The van der Waals surface area contributed by atoms with Gasteiger partial charge in [-0.25, -0.2) is 4.79 Å². The van der Waals surface area contributed by atoms with Crippen molar-refractivity contribution < 1.29 is 23.9 Å². The van der Waals surface area contributed by atoms with Crippen molar-refractivity contribution in [2.24, 2.45) is 17.8 Å². The van der Waals surface area contributed by atoms with Gasteiger partial charge in [0.1, 0.15) is 12.2 Å². The van der Waals surface area contributed by atoms with Crippen LogP contribution >= 0.6 is 0 Å². The quantitative estimate of drug-likeness (QED) is 0.246. The van der Waals surface area contributed by atoms with Crippen molar-refractivity contribution >= 4 is 17.8 Å². The molecule has 216 valence electrons. The second kappa shape index (κ2) is 13.3. The van der Waals surface area contributed by atoms with Gasteiger partial charge >= 0.3 is 11.9 Å². The van der Waals surface area contributed by atoms with Crippen molar-refractivity contribution in [2.45, 2.75) is 85.8 Å². The summed E-state index contributed by atoms with van der Waals surface area (Å²) < 4.78 is 11.2. The molecular formula is C34H45NO5. The fraction of sp³-hybridized carbons (Fsp3) is 0.500. The van der Waals surface area contributed by atoms with E-state index >= 15 is 0 Å². The van der Waals surface area contributed by atoms with Crippen LogP contribution in [0.4, 0.5) is 0 Å². The van der Waals surface area contributed by atoms with E-state index < -0.39 is 17.5 Å². The molecule has 6 nitrogen and oxygen atoms in total. The molecule has 1 aliphatic carbocycles. The monoisotopic (exact) mass is 547 g/mol. The maximum Gasteiger partial charge on any atom is 0.333 e. The number of fused-ring (bicyclic) bond motifs is 3. The molecule has 6 heteroatoms. The maximum atomic E-state index is 13.2. The highest BCUT2D eigenvalue weighted by atomic mass is 16.6. The van der Waals surface area contributed by atoms with E-state index in [1.165, 1.54) is 11.1 Å². The molecule has 0 fully saturated rings. The lowest BCUT2D eigenvalue weighted by molar-refractivity contribution is -0.150. The van der Waals surface area contributed by atoms with Crippen molar-refractivity contribution in [2.75, 3.05) is 6.61 Å². The minimum Gasteiger partial charge on any atom is -0.465 e. The highest BCUT2D eigenvalue weighted by molar-refractivity contribution is 5.88. The van der Waals surface area contributed by atoms with Gasteiger partial charge in [0.05, 0.1) is 6.42 Å². The molecule has 0 heterocycles. The summed E-state index contributed by atoms with van der Waals surface area (Å²) in [5.74, 6) is -1.46. The van der Waals surface area contributed by atoms with E-state index in [1.807, 2.05) is 58.0 Å². The van der Waals surface area contributed by atoms with Crippen LogP contribution < -0.4 is 5.32 Å². The molecule has 0 saturated heterocycles. The van der Waals surface area contributed by atoms with Gasteiger partial charge in [-0.3, -0.25) is 9.59 Å². The fourth-order valence-electron chi connectivity index (χ4n) is 5.29. The summed E-state index contributed by atoms with van der Waals surface area (Å²) in [6, 6.07) is 16.2. The Hall–Kier alpha value is -3.41. The molecule has 4 atom stereocenters. The molecule has 0 bridgehead atoms. The number of carbonyl (C=O) groups excluding carboxylic acids is 3. The van der Waals surface area contributed by atoms with E-state index in [0.717, 1.165) is 17.5 Å². The Morgan fingerprint density at radius 1 is 0.950 bits per heavy atom. The van der Waals surface area contributed by atoms with Gasteiger partial charge < -0.3 is 14.8 Å². The number of esters is 2. The van der Waals surface area contributed by atoms with Crippen LogP contribution in [0.25, 0.3) is 11.1 Å². The number of hydrogen-bond donors (Lipinski definition) is 1. The van der Waals surface area contributed by atoms with Gasteiger partial charge in [-0.15, -0.1) is 0 Å². The molecule has 1 N–H and O–H groups in total. The van der Waals surface area contributed by atoms with Gasteiger partial charge in [0.25, 0.3) is 0 Å². The van der Waals surface area contributed by atoms with Crippen molar-refractivity contribution in [3.63, 3.8) is 0 Å². The van der Waals surface area contributed by atoms with Gasteiger partial charge in [-0.1, -0.05) is 88.7 Å². The van der Waals surface area contributed by atoms with E-state index in [0.29, 0.717) is 5.57 Å². The number of nitrogens with one attached hydrogen (secondary N) is 1. The van der Waals surface area contributed by atoms with Crippen LogP contribution in [0.1, 0.15) is 85.3 Å². The number of benzene rings is 2. The number of carbonyl (C=O) groups is 3. The van der Waals surface area contributed by atoms with Gasteiger partial charge in [-0.05, 0) is 61.8 Å². The number of hydrogen-bond acceptors (Lipinski definition) is 5. The molecule has 0 aromatic heterocycles. The van der Waals surface area contributed by atoms with Crippen molar-refractivity contribution in [3.8, 4) is 11.1 Å². The summed E-state index contributed by atoms with van der Waals surface area (Å²) in [7, 11) is 0. The molecule has 0 unspecified atom stereocenters. The van der Waals surface area contributed by atoms with E-state index in [2.05, 4.69) is 43.4 Å². The minimum absolute atomic E-state index is 0.00374. The Bertz CT molecular complexity index is 1200. The van der Waals surface area contributed by atoms with E-state index in [9.17, 15) is 14.4 Å². The van der Waals surface area contributed by atoms with Crippen LogP contribution in [0.2, 0.25) is 0 Å². The van der Waals surface area contributed by atoms with Crippen molar-refractivity contribution in [1.29, 1.82) is 0 Å². The average molecular weight is 548 g/mol. The summed E-state index contributed by atoms with van der Waals surface area (Å²) in [6.07, 6.45) is 2.72. The molecule has 3 rings (SSSR count).